The molecule has 2 aromatic rings. The number of pyridine rings is 1. The fourth-order valence-electron chi connectivity index (χ4n) is 2.12. The summed E-state index contributed by atoms with van der Waals surface area (Å²) in [6.45, 7) is 4.52. The van der Waals surface area contributed by atoms with Crippen LogP contribution in [0.1, 0.15) is 38.2 Å². The number of nitrogens with zero attached hydrogens (tertiary/aromatic N) is 1. The van der Waals surface area contributed by atoms with Gasteiger partial charge in [0.15, 0.2) is 0 Å². The van der Waals surface area contributed by atoms with Crippen LogP contribution in [-0.4, -0.2) is 4.98 Å². The van der Waals surface area contributed by atoms with E-state index in [9.17, 15) is 0 Å². The molecule has 1 aromatic heterocycles. The zero-order valence-electron chi connectivity index (χ0n) is 9.40. The second-order valence-corrected chi connectivity index (χ2v) is 4.14. The Bertz CT molecular complexity index is 443. The van der Waals surface area contributed by atoms with Gasteiger partial charge in [0.1, 0.15) is 0 Å². The third-order valence-corrected chi connectivity index (χ3v) is 2.95. The molecule has 0 radical (unpaired) electrons. The van der Waals surface area contributed by atoms with Gasteiger partial charge in [-0.3, -0.25) is 4.98 Å². The Morgan fingerprint density at radius 1 is 1.20 bits per heavy atom. The zero-order chi connectivity index (χ0) is 10.7. The van der Waals surface area contributed by atoms with Crippen molar-refractivity contribution in [3.05, 3.63) is 42.2 Å². The summed E-state index contributed by atoms with van der Waals surface area (Å²) in [6.07, 6.45) is 6.42. The molecule has 0 spiro atoms. The first-order valence-electron chi connectivity index (χ1n) is 5.65. The summed E-state index contributed by atoms with van der Waals surface area (Å²) in [5.74, 6) is 0.605. The topological polar surface area (TPSA) is 12.9 Å². The van der Waals surface area contributed by atoms with Crippen LogP contribution in [0, 0.1) is 0 Å². The van der Waals surface area contributed by atoms with Crippen LogP contribution in [0.3, 0.4) is 0 Å². The molecular formula is C14H17N. The smallest absolute Gasteiger partial charge is 0.0346 e. The summed E-state index contributed by atoms with van der Waals surface area (Å²) in [6, 6.07) is 8.49. The summed E-state index contributed by atoms with van der Waals surface area (Å²) in [4.78, 5) is 4.32. The molecule has 0 bridgehead atoms. The number of aromatic nitrogens is 1. The van der Waals surface area contributed by atoms with Crippen LogP contribution in [0.2, 0.25) is 0 Å². The van der Waals surface area contributed by atoms with Crippen molar-refractivity contribution >= 4 is 10.8 Å². The summed E-state index contributed by atoms with van der Waals surface area (Å²) >= 11 is 0. The number of hydrogen-bond donors (Lipinski definition) is 0. The van der Waals surface area contributed by atoms with E-state index in [-0.39, 0.29) is 0 Å². The molecule has 1 nitrogen and oxygen atoms in total. The summed E-state index contributed by atoms with van der Waals surface area (Å²) in [5, 5.41) is 2.60. The molecule has 0 aliphatic carbocycles. The zero-order valence-corrected chi connectivity index (χ0v) is 9.40. The maximum Gasteiger partial charge on any atom is 0.0346 e. The van der Waals surface area contributed by atoms with Crippen molar-refractivity contribution in [1.82, 2.24) is 4.98 Å². The van der Waals surface area contributed by atoms with Gasteiger partial charge in [-0.15, -0.1) is 0 Å². The van der Waals surface area contributed by atoms with E-state index < -0.39 is 0 Å². The lowest BCUT2D eigenvalue weighted by Gasteiger charge is -2.12. The van der Waals surface area contributed by atoms with Crippen LogP contribution in [-0.2, 0) is 0 Å². The second-order valence-electron chi connectivity index (χ2n) is 4.14. The van der Waals surface area contributed by atoms with Gasteiger partial charge in [0.05, 0.1) is 0 Å². The van der Waals surface area contributed by atoms with Crippen molar-refractivity contribution in [2.24, 2.45) is 0 Å². The Hall–Kier alpha value is -1.37. The highest BCUT2D eigenvalue weighted by Crippen LogP contribution is 2.27. The molecular weight excluding hydrogens is 182 g/mol. The van der Waals surface area contributed by atoms with Gasteiger partial charge in [0.2, 0.25) is 0 Å². The van der Waals surface area contributed by atoms with Crippen molar-refractivity contribution in [2.75, 3.05) is 0 Å². The van der Waals surface area contributed by atoms with E-state index in [0.29, 0.717) is 5.92 Å². The van der Waals surface area contributed by atoms with Crippen LogP contribution < -0.4 is 0 Å². The van der Waals surface area contributed by atoms with E-state index in [1.807, 2.05) is 12.4 Å². The number of rotatable bonds is 3. The summed E-state index contributed by atoms with van der Waals surface area (Å²) in [5.41, 5.74) is 1.38. The molecule has 0 fully saturated rings. The van der Waals surface area contributed by atoms with E-state index in [2.05, 4.69) is 43.1 Å². The van der Waals surface area contributed by atoms with E-state index in [1.165, 1.54) is 29.2 Å². The van der Waals surface area contributed by atoms with Crippen molar-refractivity contribution in [3.8, 4) is 0 Å². The van der Waals surface area contributed by atoms with Crippen LogP contribution in [0.5, 0.6) is 0 Å². The van der Waals surface area contributed by atoms with Crippen molar-refractivity contribution < 1.29 is 0 Å². The van der Waals surface area contributed by atoms with Gasteiger partial charge in [-0.25, -0.2) is 0 Å². The standard InChI is InChI=1S/C14H17N/c1-3-6-11(2)14-10-15-9-12-7-4-5-8-13(12)14/h4-5,7-11H,3,6H2,1-2H3. The Labute approximate surface area is 91.2 Å². The highest BCUT2D eigenvalue weighted by atomic mass is 14.6. The minimum atomic E-state index is 0.605. The SMILES string of the molecule is CCCC(C)c1cncc2ccccc12. The van der Waals surface area contributed by atoms with Crippen molar-refractivity contribution in [1.29, 1.82) is 0 Å². The molecule has 0 saturated heterocycles. The van der Waals surface area contributed by atoms with Gasteiger partial charge in [0, 0.05) is 17.8 Å². The highest BCUT2D eigenvalue weighted by molar-refractivity contribution is 5.85. The molecule has 0 amide bonds. The molecule has 1 aromatic carbocycles. The predicted octanol–water partition coefficient (Wildman–Crippen LogP) is 4.14. The number of fused-ring (bicyclic) bond motifs is 1. The van der Waals surface area contributed by atoms with Crippen LogP contribution in [0.25, 0.3) is 10.8 Å². The lowest BCUT2D eigenvalue weighted by atomic mass is 9.94. The average Bonchev–Trinajstić information content (AvgIpc) is 2.28. The summed E-state index contributed by atoms with van der Waals surface area (Å²) < 4.78 is 0. The third-order valence-electron chi connectivity index (χ3n) is 2.95. The summed E-state index contributed by atoms with van der Waals surface area (Å²) in [7, 11) is 0. The van der Waals surface area contributed by atoms with E-state index in [4.69, 9.17) is 0 Å². The quantitative estimate of drug-likeness (QED) is 0.724. The van der Waals surface area contributed by atoms with E-state index in [0.717, 1.165) is 0 Å². The minimum Gasteiger partial charge on any atom is -0.264 e. The second kappa shape index (κ2) is 4.43. The fraction of sp³-hybridized carbons (Fsp3) is 0.357. The van der Waals surface area contributed by atoms with Crippen molar-refractivity contribution in [2.45, 2.75) is 32.6 Å². The molecule has 0 saturated carbocycles. The Morgan fingerprint density at radius 2 is 2.00 bits per heavy atom. The van der Waals surface area contributed by atoms with Gasteiger partial charge < -0.3 is 0 Å². The first kappa shape index (κ1) is 10.2. The van der Waals surface area contributed by atoms with E-state index >= 15 is 0 Å². The van der Waals surface area contributed by atoms with Gasteiger partial charge in [-0.05, 0) is 23.3 Å². The maximum atomic E-state index is 4.32. The number of benzene rings is 1. The highest BCUT2D eigenvalue weighted by Gasteiger charge is 2.08. The Morgan fingerprint density at radius 3 is 2.80 bits per heavy atom. The lowest BCUT2D eigenvalue weighted by Crippen LogP contribution is -1.95. The first-order chi connectivity index (χ1) is 7.33. The van der Waals surface area contributed by atoms with Gasteiger partial charge in [-0.1, -0.05) is 44.5 Å². The van der Waals surface area contributed by atoms with Crippen LogP contribution in [0.4, 0.5) is 0 Å². The van der Waals surface area contributed by atoms with Gasteiger partial charge >= 0.3 is 0 Å². The molecule has 1 heterocycles. The van der Waals surface area contributed by atoms with Crippen LogP contribution >= 0.6 is 0 Å². The molecule has 0 aliphatic heterocycles. The lowest BCUT2D eigenvalue weighted by molar-refractivity contribution is 0.667. The Kier molecular flexibility index (Phi) is 3.00. The number of hydrogen-bond acceptors (Lipinski definition) is 1. The predicted molar refractivity (Wildman–Crippen MR) is 65.1 cm³/mol. The first-order valence-corrected chi connectivity index (χ1v) is 5.65. The van der Waals surface area contributed by atoms with Gasteiger partial charge in [0.25, 0.3) is 0 Å². The molecule has 15 heavy (non-hydrogen) atoms. The maximum absolute atomic E-state index is 4.32. The monoisotopic (exact) mass is 199 g/mol. The molecule has 2 rings (SSSR count). The normalized spacial score (nSPS) is 12.9. The molecule has 0 N–H and O–H groups in total. The molecule has 1 heteroatoms. The van der Waals surface area contributed by atoms with E-state index in [1.54, 1.807) is 0 Å². The third kappa shape index (κ3) is 2.01. The van der Waals surface area contributed by atoms with Crippen LogP contribution in [0.15, 0.2) is 36.7 Å². The largest absolute Gasteiger partial charge is 0.264 e. The average molecular weight is 199 g/mol. The van der Waals surface area contributed by atoms with Crippen molar-refractivity contribution in [3.63, 3.8) is 0 Å². The molecule has 1 unspecified atom stereocenters. The minimum absolute atomic E-state index is 0.605. The molecule has 78 valence electrons. The molecule has 1 atom stereocenters. The fourth-order valence-corrected chi connectivity index (χ4v) is 2.12. The Balaban J connectivity index is 2.50. The van der Waals surface area contributed by atoms with Gasteiger partial charge in [-0.2, -0.15) is 0 Å². The molecule has 0 aliphatic rings.